The highest BCUT2D eigenvalue weighted by Gasteiger charge is 2.13. The van der Waals surface area contributed by atoms with Crippen molar-refractivity contribution in [2.75, 3.05) is 5.32 Å². The molecule has 0 aliphatic carbocycles. The van der Waals surface area contributed by atoms with Crippen molar-refractivity contribution in [2.24, 2.45) is 0 Å². The highest BCUT2D eigenvalue weighted by atomic mass is 35.5. The van der Waals surface area contributed by atoms with Crippen molar-refractivity contribution in [1.29, 1.82) is 0 Å². The zero-order valence-corrected chi connectivity index (χ0v) is 12.2. The summed E-state index contributed by atoms with van der Waals surface area (Å²) < 4.78 is 15.5. The van der Waals surface area contributed by atoms with E-state index in [-0.39, 0.29) is 5.02 Å². The van der Waals surface area contributed by atoms with E-state index in [2.05, 4.69) is 10.4 Å². The fourth-order valence-corrected chi connectivity index (χ4v) is 2.23. The average Bonchev–Trinajstić information content (AvgIpc) is 2.67. The van der Waals surface area contributed by atoms with Gasteiger partial charge in [0.2, 0.25) is 0 Å². The fourth-order valence-electron chi connectivity index (χ4n) is 1.86. The summed E-state index contributed by atoms with van der Waals surface area (Å²) in [5.41, 5.74) is 1.96. The first-order valence-electron chi connectivity index (χ1n) is 5.94. The number of aromatic nitrogens is 2. The molecule has 2 aromatic rings. The number of hydrogen-bond donors (Lipinski definition) is 1. The topological polar surface area (TPSA) is 29.9 Å². The zero-order chi connectivity index (χ0) is 14.0. The minimum absolute atomic E-state index is 0.0938. The van der Waals surface area contributed by atoms with Gasteiger partial charge in [-0.3, -0.25) is 4.68 Å². The van der Waals surface area contributed by atoms with E-state index in [0.29, 0.717) is 23.8 Å². The van der Waals surface area contributed by atoms with E-state index in [9.17, 15) is 4.39 Å². The van der Waals surface area contributed by atoms with Gasteiger partial charge in [-0.1, -0.05) is 29.3 Å². The first-order chi connectivity index (χ1) is 9.04. The van der Waals surface area contributed by atoms with Crippen molar-refractivity contribution in [2.45, 2.75) is 26.9 Å². The maximum atomic E-state index is 13.7. The summed E-state index contributed by atoms with van der Waals surface area (Å²) in [5.74, 6) is -0.459. The molecule has 0 aliphatic heterocycles. The molecule has 0 atom stereocenters. The Morgan fingerprint density at radius 2 is 2.11 bits per heavy atom. The van der Waals surface area contributed by atoms with Gasteiger partial charge < -0.3 is 5.32 Å². The predicted molar refractivity (Wildman–Crippen MR) is 76.4 cm³/mol. The lowest BCUT2D eigenvalue weighted by Crippen LogP contribution is -2.09. The van der Waals surface area contributed by atoms with Gasteiger partial charge in [0.15, 0.2) is 5.82 Å². The fraction of sp³-hybridized carbons (Fsp3) is 0.308. The Labute approximate surface area is 121 Å². The molecular weight excluding hydrogens is 288 g/mol. The van der Waals surface area contributed by atoms with E-state index in [1.165, 1.54) is 6.07 Å². The molecule has 1 heterocycles. The summed E-state index contributed by atoms with van der Waals surface area (Å²) in [7, 11) is 0. The van der Waals surface area contributed by atoms with Crippen LogP contribution in [0.25, 0.3) is 0 Å². The molecule has 0 spiro atoms. The number of nitrogens with zero attached hydrogens (tertiary/aromatic N) is 2. The molecule has 19 heavy (non-hydrogen) atoms. The van der Waals surface area contributed by atoms with Gasteiger partial charge >= 0.3 is 0 Å². The number of halogens is 3. The monoisotopic (exact) mass is 301 g/mol. The first kappa shape index (κ1) is 14.2. The summed E-state index contributed by atoms with van der Waals surface area (Å²) in [6.07, 6.45) is 0. The Bertz CT molecular complexity index is 596. The minimum atomic E-state index is -0.459. The van der Waals surface area contributed by atoms with Gasteiger partial charge in [0.1, 0.15) is 0 Å². The third-order valence-corrected chi connectivity index (χ3v) is 3.63. The maximum absolute atomic E-state index is 13.7. The number of aryl methyl sites for hydroxylation is 2. The van der Waals surface area contributed by atoms with E-state index in [4.69, 9.17) is 23.2 Å². The van der Waals surface area contributed by atoms with Gasteiger partial charge in [-0.05, 0) is 26.0 Å². The van der Waals surface area contributed by atoms with Gasteiger partial charge in [-0.2, -0.15) is 5.10 Å². The summed E-state index contributed by atoms with van der Waals surface area (Å²) in [5, 5.41) is 8.00. The minimum Gasteiger partial charge on any atom is -0.377 e. The smallest absolute Gasteiger partial charge is 0.164 e. The molecule has 0 radical (unpaired) electrons. The Hall–Kier alpha value is -1.26. The Kier molecular flexibility index (Phi) is 4.32. The van der Waals surface area contributed by atoms with E-state index in [1.807, 2.05) is 13.8 Å². The van der Waals surface area contributed by atoms with Crippen LogP contribution in [0.15, 0.2) is 18.2 Å². The van der Waals surface area contributed by atoms with Gasteiger partial charge in [-0.25, -0.2) is 4.39 Å². The average molecular weight is 302 g/mol. The van der Waals surface area contributed by atoms with Crippen molar-refractivity contribution in [3.8, 4) is 0 Å². The Morgan fingerprint density at radius 1 is 1.37 bits per heavy atom. The highest BCUT2D eigenvalue weighted by molar-refractivity contribution is 6.32. The lowest BCUT2D eigenvalue weighted by Gasteiger charge is -2.10. The Morgan fingerprint density at radius 3 is 2.79 bits per heavy atom. The summed E-state index contributed by atoms with van der Waals surface area (Å²) in [6, 6.07) is 4.84. The third kappa shape index (κ3) is 2.85. The van der Waals surface area contributed by atoms with Crippen LogP contribution in [0, 0.1) is 12.7 Å². The molecule has 1 aromatic heterocycles. The van der Waals surface area contributed by atoms with Crippen LogP contribution in [0.2, 0.25) is 10.0 Å². The highest BCUT2D eigenvalue weighted by Crippen LogP contribution is 2.25. The van der Waals surface area contributed by atoms with Crippen molar-refractivity contribution < 1.29 is 4.39 Å². The third-order valence-electron chi connectivity index (χ3n) is 2.85. The molecule has 3 nitrogen and oxygen atoms in total. The van der Waals surface area contributed by atoms with Gasteiger partial charge in [0.05, 0.1) is 33.7 Å². The summed E-state index contributed by atoms with van der Waals surface area (Å²) in [6.45, 7) is 4.93. The molecule has 0 fully saturated rings. The summed E-state index contributed by atoms with van der Waals surface area (Å²) >= 11 is 11.9. The molecule has 0 aliphatic rings. The molecule has 0 saturated carbocycles. The molecule has 0 unspecified atom stereocenters. The number of hydrogen-bond acceptors (Lipinski definition) is 2. The van der Waals surface area contributed by atoms with E-state index < -0.39 is 5.82 Å². The molecule has 2 rings (SSSR count). The van der Waals surface area contributed by atoms with Gasteiger partial charge in [-0.15, -0.1) is 0 Å². The lowest BCUT2D eigenvalue weighted by molar-refractivity contribution is 0.616. The second kappa shape index (κ2) is 5.80. The van der Waals surface area contributed by atoms with Gasteiger partial charge in [0.25, 0.3) is 0 Å². The largest absolute Gasteiger partial charge is 0.377 e. The van der Waals surface area contributed by atoms with Crippen LogP contribution in [0.3, 0.4) is 0 Å². The molecule has 1 aromatic carbocycles. The lowest BCUT2D eigenvalue weighted by atomic mass is 10.3. The number of anilines is 1. The Balaban J connectivity index is 2.21. The predicted octanol–water partition coefficient (Wildman–Crippen LogP) is 4.27. The molecule has 0 saturated heterocycles. The second-order valence-electron chi connectivity index (χ2n) is 4.12. The molecule has 102 valence electrons. The normalized spacial score (nSPS) is 10.8. The van der Waals surface area contributed by atoms with Crippen LogP contribution in [0.5, 0.6) is 0 Å². The molecule has 0 amide bonds. The van der Waals surface area contributed by atoms with Crippen LogP contribution in [0.1, 0.15) is 18.3 Å². The van der Waals surface area contributed by atoms with Crippen LogP contribution in [-0.2, 0) is 13.1 Å². The molecule has 1 N–H and O–H groups in total. The standard InChI is InChI=1S/C13H14Cl2FN3/c1-3-19-11(12(15)8(2)18-19)7-17-10-6-4-5-9(14)13(10)16/h4-6,17H,3,7H2,1-2H3. The van der Waals surface area contributed by atoms with Crippen LogP contribution < -0.4 is 5.32 Å². The van der Waals surface area contributed by atoms with Crippen LogP contribution in [-0.4, -0.2) is 9.78 Å². The summed E-state index contributed by atoms with van der Waals surface area (Å²) in [4.78, 5) is 0. The zero-order valence-electron chi connectivity index (χ0n) is 10.7. The first-order valence-corrected chi connectivity index (χ1v) is 6.69. The van der Waals surface area contributed by atoms with Crippen molar-refractivity contribution in [3.05, 3.63) is 45.4 Å². The van der Waals surface area contributed by atoms with E-state index >= 15 is 0 Å². The molecule has 6 heteroatoms. The molecule has 0 bridgehead atoms. The second-order valence-corrected chi connectivity index (χ2v) is 4.90. The number of rotatable bonds is 4. The van der Waals surface area contributed by atoms with Crippen LogP contribution in [0.4, 0.5) is 10.1 Å². The van der Waals surface area contributed by atoms with Crippen molar-refractivity contribution in [3.63, 3.8) is 0 Å². The van der Waals surface area contributed by atoms with E-state index in [1.54, 1.807) is 16.8 Å². The van der Waals surface area contributed by atoms with Gasteiger partial charge in [0, 0.05) is 6.54 Å². The number of nitrogens with one attached hydrogen (secondary N) is 1. The van der Waals surface area contributed by atoms with Crippen LogP contribution >= 0.6 is 23.2 Å². The SMILES string of the molecule is CCn1nc(C)c(Cl)c1CNc1cccc(Cl)c1F. The van der Waals surface area contributed by atoms with E-state index in [0.717, 1.165) is 11.4 Å². The molecular formula is C13H14Cl2FN3. The maximum Gasteiger partial charge on any atom is 0.164 e. The quantitative estimate of drug-likeness (QED) is 0.914. The van der Waals surface area contributed by atoms with Crippen molar-refractivity contribution in [1.82, 2.24) is 9.78 Å². The number of benzene rings is 1. The van der Waals surface area contributed by atoms with Crippen molar-refractivity contribution >= 4 is 28.9 Å².